The van der Waals surface area contributed by atoms with Gasteiger partial charge in [-0.25, -0.2) is 22.1 Å². The monoisotopic (exact) mass is 500 g/mol. The summed E-state index contributed by atoms with van der Waals surface area (Å²) in [6, 6.07) is 10.2. The summed E-state index contributed by atoms with van der Waals surface area (Å²) in [6.07, 6.45) is 0.718. The van der Waals surface area contributed by atoms with Gasteiger partial charge < -0.3 is 4.90 Å². The van der Waals surface area contributed by atoms with Gasteiger partial charge in [0.15, 0.2) is 5.13 Å². The largest absolute Gasteiger partial charge is 0.309 e. The van der Waals surface area contributed by atoms with Crippen LogP contribution in [0.15, 0.2) is 47.4 Å². The first kappa shape index (κ1) is 26.1. The summed E-state index contributed by atoms with van der Waals surface area (Å²) in [5.41, 5.74) is 0.979. The van der Waals surface area contributed by atoms with Crippen molar-refractivity contribution in [2.75, 3.05) is 46.2 Å². The van der Waals surface area contributed by atoms with E-state index in [-0.39, 0.29) is 29.0 Å². The summed E-state index contributed by atoms with van der Waals surface area (Å²) in [6.45, 7) is 1.21. The average Bonchev–Trinajstić information content (AvgIpc) is 3.13. The van der Waals surface area contributed by atoms with Crippen molar-refractivity contribution < 1.29 is 17.6 Å². The van der Waals surface area contributed by atoms with Gasteiger partial charge in [0.1, 0.15) is 5.82 Å². The number of amides is 1. The number of sulfonamides is 1. The van der Waals surface area contributed by atoms with Gasteiger partial charge in [-0.3, -0.25) is 9.69 Å². The molecule has 0 saturated carbocycles. The zero-order chi connectivity index (χ0) is 22.8. The molecule has 0 aliphatic rings. The minimum Gasteiger partial charge on any atom is -0.309 e. The number of fused-ring (bicyclic) bond motifs is 1. The van der Waals surface area contributed by atoms with Gasteiger partial charge in [-0.2, -0.15) is 0 Å². The Labute approximate surface area is 197 Å². The maximum Gasteiger partial charge on any atom is 0.260 e. The highest BCUT2D eigenvalue weighted by Gasteiger charge is 2.23. The molecule has 32 heavy (non-hydrogen) atoms. The molecule has 3 rings (SSSR count). The fourth-order valence-corrected chi connectivity index (χ4v) is 4.88. The van der Waals surface area contributed by atoms with Gasteiger partial charge in [-0.05, 0) is 69.5 Å². The number of aromatic nitrogens is 1. The lowest BCUT2D eigenvalue weighted by Crippen LogP contribution is -2.33. The lowest BCUT2D eigenvalue weighted by molar-refractivity contribution is 0.0986. The number of thiazole rings is 1. The second-order valence-corrected chi connectivity index (χ2v) is 10.7. The van der Waals surface area contributed by atoms with Gasteiger partial charge in [-0.1, -0.05) is 11.3 Å². The molecule has 0 aliphatic heterocycles. The number of benzene rings is 2. The predicted molar refractivity (Wildman–Crippen MR) is 129 cm³/mol. The molecule has 0 spiro atoms. The van der Waals surface area contributed by atoms with Crippen LogP contribution in [0.1, 0.15) is 16.8 Å². The quantitative estimate of drug-likeness (QED) is 0.471. The van der Waals surface area contributed by atoms with Crippen molar-refractivity contribution >= 4 is 55.0 Å². The van der Waals surface area contributed by atoms with Gasteiger partial charge in [0, 0.05) is 26.2 Å². The molecule has 3 aromatic rings. The molecule has 0 N–H and O–H groups in total. The summed E-state index contributed by atoms with van der Waals surface area (Å²) in [5, 5.41) is 0.481. The Bertz CT molecular complexity index is 1180. The first-order valence-electron chi connectivity index (χ1n) is 9.65. The highest BCUT2D eigenvalue weighted by molar-refractivity contribution is 7.89. The van der Waals surface area contributed by atoms with Crippen LogP contribution < -0.4 is 4.90 Å². The molecule has 0 atom stereocenters. The fourth-order valence-electron chi connectivity index (χ4n) is 2.97. The lowest BCUT2D eigenvalue weighted by atomic mass is 10.2. The van der Waals surface area contributed by atoms with E-state index >= 15 is 0 Å². The zero-order valence-electron chi connectivity index (χ0n) is 18.3. The number of hydrogen-bond acceptors (Lipinski definition) is 6. The number of carbonyl (C=O) groups excluding carboxylic acids is 1. The molecule has 1 amide bonds. The van der Waals surface area contributed by atoms with E-state index in [1.807, 2.05) is 19.0 Å². The van der Waals surface area contributed by atoms with Crippen molar-refractivity contribution in [2.24, 2.45) is 0 Å². The Balaban J connectivity index is 0.00000363. The Hall–Kier alpha value is -2.11. The third kappa shape index (κ3) is 5.81. The second-order valence-electron chi connectivity index (χ2n) is 7.53. The average molecular weight is 501 g/mol. The highest BCUT2D eigenvalue weighted by atomic mass is 35.5. The molecule has 1 aromatic heterocycles. The molecule has 7 nitrogen and oxygen atoms in total. The van der Waals surface area contributed by atoms with Crippen molar-refractivity contribution in [3.63, 3.8) is 0 Å². The highest BCUT2D eigenvalue weighted by Crippen LogP contribution is 2.30. The topological polar surface area (TPSA) is 73.8 Å². The van der Waals surface area contributed by atoms with Crippen LogP contribution in [0.3, 0.4) is 0 Å². The van der Waals surface area contributed by atoms with Crippen LogP contribution in [0.4, 0.5) is 9.52 Å². The molecule has 11 heteroatoms. The minimum atomic E-state index is -3.58. The SMILES string of the molecule is CN(C)CCCN(C(=O)c1ccc(S(=O)(=O)N(C)C)cc1)c1nc2ccc(F)cc2s1.Cl. The molecule has 0 saturated heterocycles. The second kappa shape index (κ2) is 10.7. The summed E-state index contributed by atoms with van der Waals surface area (Å²) in [7, 11) is 3.24. The normalized spacial score (nSPS) is 11.7. The van der Waals surface area contributed by atoms with E-state index in [0.717, 1.165) is 17.3 Å². The summed E-state index contributed by atoms with van der Waals surface area (Å²) in [5.74, 6) is -0.641. The molecule has 0 radical (unpaired) electrons. The van der Waals surface area contributed by atoms with Gasteiger partial charge in [0.2, 0.25) is 10.0 Å². The smallest absolute Gasteiger partial charge is 0.260 e. The van der Waals surface area contributed by atoms with Crippen molar-refractivity contribution in [2.45, 2.75) is 11.3 Å². The van der Waals surface area contributed by atoms with Crippen molar-refractivity contribution in [3.8, 4) is 0 Å². The van der Waals surface area contributed by atoms with Gasteiger partial charge in [0.05, 0.1) is 15.1 Å². The van der Waals surface area contributed by atoms with Gasteiger partial charge in [0.25, 0.3) is 5.91 Å². The van der Waals surface area contributed by atoms with E-state index in [1.54, 1.807) is 11.0 Å². The van der Waals surface area contributed by atoms with E-state index in [2.05, 4.69) is 4.98 Å². The van der Waals surface area contributed by atoms with Crippen molar-refractivity contribution in [1.29, 1.82) is 0 Å². The van der Waals surface area contributed by atoms with Crippen molar-refractivity contribution in [3.05, 3.63) is 53.8 Å². The molecule has 2 aromatic carbocycles. The van der Waals surface area contributed by atoms with Crippen LogP contribution in [0.25, 0.3) is 10.2 Å². The number of rotatable bonds is 8. The first-order valence-corrected chi connectivity index (χ1v) is 11.9. The van der Waals surface area contributed by atoms with Crippen LogP contribution >= 0.6 is 23.7 Å². The molecule has 174 valence electrons. The predicted octanol–water partition coefficient (Wildman–Crippen LogP) is 3.71. The lowest BCUT2D eigenvalue weighted by Gasteiger charge is -2.21. The van der Waals surface area contributed by atoms with Crippen LogP contribution in [0.2, 0.25) is 0 Å². The maximum atomic E-state index is 13.6. The van der Waals surface area contributed by atoms with Crippen LogP contribution in [0, 0.1) is 5.82 Å². The molecule has 0 unspecified atom stereocenters. The number of carbonyl (C=O) groups is 1. The van der Waals surface area contributed by atoms with Crippen LogP contribution in [-0.4, -0.2) is 69.8 Å². The number of halogens is 2. The van der Waals surface area contributed by atoms with E-state index in [4.69, 9.17) is 0 Å². The number of anilines is 1. The molecule has 0 fully saturated rings. The fraction of sp³-hybridized carbons (Fsp3) is 0.333. The summed E-state index contributed by atoms with van der Waals surface area (Å²) in [4.78, 5) is 21.5. The minimum absolute atomic E-state index is 0. The van der Waals surface area contributed by atoms with Crippen LogP contribution in [-0.2, 0) is 10.0 Å². The Morgan fingerprint density at radius 2 is 1.69 bits per heavy atom. The van der Waals surface area contributed by atoms with Gasteiger partial charge in [-0.15, -0.1) is 12.4 Å². The van der Waals surface area contributed by atoms with E-state index in [0.29, 0.717) is 27.5 Å². The van der Waals surface area contributed by atoms with E-state index < -0.39 is 10.0 Å². The molecular formula is C21H26ClFN4O3S2. The summed E-state index contributed by atoms with van der Waals surface area (Å²) >= 11 is 1.25. The number of nitrogens with zero attached hydrogens (tertiary/aromatic N) is 4. The molecule has 0 aliphatic carbocycles. The van der Waals surface area contributed by atoms with Gasteiger partial charge >= 0.3 is 0 Å². The third-order valence-corrected chi connectivity index (χ3v) is 7.55. The Morgan fingerprint density at radius 3 is 2.28 bits per heavy atom. The standard InChI is InChI=1S/C21H25FN4O3S2.ClH/c1-24(2)12-5-13-26(21-23-18-11-8-16(22)14-19(18)30-21)20(27)15-6-9-17(10-7-15)31(28,29)25(3)4;/h6-11,14H,5,12-13H2,1-4H3;1H. The van der Waals surface area contributed by atoms with Crippen molar-refractivity contribution in [1.82, 2.24) is 14.2 Å². The molecule has 0 bridgehead atoms. The Kier molecular flexibility index (Phi) is 8.72. The molecular weight excluding hydrogens is 475 g/mol. The number of hydrogen-bond donors (Lipinski definition) is 0. The molecule has 1 heterocycles. The summed E-state index contributed by atoms with van der Waals surface area (Å²) < 4.78 is 40.0. The zero-order valence-corrected chi connectivity index (χ0v) is 20.7. The van der Waals surface area contributed by atoms with Crippen LogP contribution in [0.5, 0.6) is 0 Å². The third-order valence-electron chi connectivity index (χ3n) is 4.68. The Morgan fingerprint density at radius 1 is 1.03 bits per heavy atom. The van der Waals surface area contributed by atoms with E-state index in [1.165, 1.54) is 61.8 Å². The maximum absolute atomic E-state index is 13.6. The van der Waals surface area contributed by atoms with E-state index in [9.17, 15) is 17.6 Å². The first-order chi connectivity index (χ1) is 14.6.